The predicted octanol–water partition coefficient (Wildman–Crippen LogP) is 2.28. The number of rotatable bonds is 6. The molecule has 7 heteroatoms. The van der Waals surface area contributed by atoms with Crippen LogP contribution >= 0.6 is 0 Å². The predicted molar refractivity (Wildman–Crippen MR) is 94.5 cm³/mol. The van der Waals surface area contributed by atoms with Gasteiger partial charge in [-0.3, -0.25) is 4.79 Å². The van der Waals surface area contributed by atoms with Gasteiger partial charge in [-0.2, -0.15) is 0 Å². The monoisotopic (exact) mass is 346 g/mol. The number of nitrogens with zero attached hydrogens (tertiary/aromatic N) is 3. The molecule has 7 nitrogen and oxygen atoms in total. The number of aliphatic hydroxyl groups is 1. The number of nitrogens with one attached hydrogen (secondary N) is 1. The van der Waals surface area contributed by atoms with Crippen LogP contribution in [0, 0.1) is 0 Å². The molecular weight excluding hydrogens is 320 g/mol. The molecule has 0 aliphatic rings. The van der Waals surface area contributed by atoms with E-state index in [9.17, 15) is 9.90 Å². The third-order valence-electron chi connectivity index (χ3n) is 3.51. The van der Waals surface area contributed by atoms with E-state index >= 15 is 0 Å². The molecule has 0 saturated carbocycles. The lowest BCUT2D eigenvalue weighted by Gasteiger charge is -2.17. The first kappa shape index (κ1) is 18.9. The Hall–Kier alpha value is -2.41. The highest BCUT2D eigenvalue weighted by Crippen LogP contribution is 2.18. The highest BCUT2D eigenvalue weighted by Gasteiger charge is 2.19. The van der Waals surface area contributed by atoms with E-state index in [4.69, 9.17) is 4.74 Å². The van der Waals surface area contributed by atoms with Crippen LogP contribution in [0.25, 0.3) is 0 Å². The molecule has 1 unspecified atom stereocenters. The summed E-state index contributed by atoms with van der Waals surface area (Å²) in [5, 5.41) is 20.7. The molecule has 0 radical (unpaired) electrons. The van der Waals surface area contributed by atoms with Crippen LogP contribution in [0.1, 0.15) is 56.8 Å². The van der Waals surface area contributed by atoms with E-state index < -0.39 is 6.10 Å². The lowest BCUT2D eigenvalue weighted by atomic mass is 10.1. The summed E-state index contributed by atoms with van der Waals surface area (Å²) in [5.41, 5.74) is 0.683. The van der Waals surface area contributed by atoms with Gasteiger partial charge in [-0.25, -0.2) is 4.68 Å². The van der Waals surface area contributed by atoms with Crippen LogP contribution in [0.15, 0.2) is 30.5 Å². The summed E-state index contributed by atoms with van der Waals surface area (Å²) in [4.78, 5) is 12.1. The molecule has 2 rings (SSSR count). The summed E-state index contributed by atoms with van der Waals surface area (Å²) in [6, 6.07) is 7.17. The van der Waals surface area contributed by atoms with Crippen LogP contribution in [0.3, 0.4) is 0 Å². The smallest absolute Gasteiger partial charge is 0.273 e. The number of amides is 1. The van der Waals surface area contributed by atoms with Crippen LogP contribution in [-0.2, 0) is 5.54 Å². The minimum absolute atomic E-state index is 0.0889. The second kappa shape index (κ2) is 7.65. The van der Waals surface area contributed by atoms with Gasteiger partial charge < -0.3 is 15.2 Å². The molecular formula is C18H26N4O3. The SMILES string of the molecule is CC(C)Oc1ccc(C(O)CNC(=O)c2cn(C(C)(C)C)nn2)cc1. The molecule has 1 aromatic heterocycles. The van der Waals surface area contributed by atoms with E-state index in [1.807, 2.05) is 34.6 Å². The summed E-state index contributed by atoms with van der Waals surface area (Å²) < 4.78 is 7.20. The molecule has 1 atom stereocenters. The van der Waals surface area contributed by atoms with Gasteiger partial charge in [-0.05, 0) is 52.3 Å². The number of hydrogen-bond acceptors (Lipinski definition) is 5. The largest absolute Gasteiger partial charge is 0.491 e. The number of carbonyl (C=O) groups excluding carboxylic acids is 1. The minimum atomic E-state index is -0.810. The lowest BCUT2D eigenvalue weighted by Crippen LogP contribution is -2.28. The van der Waals surface area contributed by atoms with E-state index in [2.05, 4.69) is 15.6 Å². The van der Waals surface area contributed by atoms with E-state index in [0.29, 0.717) is 5.56 Å². The van der Waals surface area contributed by atoms with Gasteiger partial charge in [0.25, 0.3) is 5.91 Å². The van der Waals surface area contributed by atoms with Crippen LogP contribution in [0.2, 0.25) is 0 Å². The third-order valence-corrected chi connectivity index (χ3v) is 3.51. The van der Waals surface area contributed by atoms with Crippen LogP contribution in [0.4, 0.5) is 0 Å². The number of carbonyl (C=O) groups is 1. The molecule has 0 aliphatic heterocycles. The molecule has 0 spiro atoms. The van der Waals surface area contributed by atoms with Gasteiger partial charge >= 0.3 is 0 Å². The van der Waals surface area contributed by atoms with Crippen molar-refractivity contribution in [3.8, 4) is 5.75 Å². The standard InChI is InChI=1S/C18H26N4O3/c1-12(2)25-14-8-6-13(7-9-14)16(23)10-19-17(24)15-11-22(21-20-15)18(3,4)5/h6-9,11-12,16,23H,10H2,1-5H3,(H,19,24). The zero-order chi connectivity index (χ0) is 18.6. The number of hydrogen-bond donors (Lipinski definition) is 2. The topological polar surface area (TPSA) is 89.3 Å². The maximum absolute atomic E-state index is 12.1. The van der Waals surface area contributed by atoms with Crippen molar-refractivity contribution in [2.45, 2.75) is 52.4 Å². The van der Waals surface area contributed by atoms with Crippen molar-refractivity contribution in [1.82, 2.24) is 20.3 Å². The lowest BCUT2D eigenvalue weighted by molar-refractivity contribution is 0.0911. The van der Waals surface area contributed by atoms with Crippen molar-refractivity contribution in [2.24, 2.45) is 0 Å². The number of aromatic nitrogens is 3. The third kappa shape index (κ3) is 5.29. The molecule has 0 fully saturated rings. The molecule has 2 aromatic rings. The van der Waals surface area contributed by atoms with Crippen molar-refractivity contribution in [3.05, 3.63) is 41.7 Å². The van der Waals surface area contributed by atoms with Gasteiger partial charge in [0.2, 0.25) is 0 Å². The average molecular weight is 346 g/mol. The molecule has 136 valence electrons. The maximum atomic E-state index is 12.1. The van der Waals surface area contributed by atoms with Gasteiger partial charge in [0, 0.05) is 6.54 Å². The van der Waals surface area contributed by atoms with Gasteiger partial charge in [-0.15, -0.1) is 5.10 Å². The summed E-state index contributed by atoms with van der Waals surface area (Å²) in [6.45, 7) is 9.91. The van der Waals surface area contributed by atoms with Crippen LogP contribution in [0.5, 0.6) is 5.75 Å². The molecule has 25 heavy (non-hydrogen) atoms. The van der Waals surface area contributed by atoms with Gasteiger partial charge in [0.05, 0.1) is 23.9 Å². The Morgan fingerprint density at radius 1 is 1.28 bits per heavy atom. The molecule has 0 aliphatic carbocycles. The quantitative estimate of drug-likeness (QED) is 0.838. The molecule has 0 bridgehead atoms. The summed E-state index contributed by atoms with van der Waals surface area (Å²) >= 11 is 0. The summed E-state index contributed by atoms with van der Waals surface area (Å²) in [7, 11) is 0. The second-order valence-corrected chi connectivity index (χ2v) is 7.18. The normalized spacial score (nSPS) is 12.9. The van der Waals surface area contributed by atoms with E-state index in [1.165, 1.54) is 0 Å². The first-order valence-corrected chi connectivity index (χ1v) is 8.32. The molecule has 1 heterocycles. The minimum Gasteiger partial charge on any atom is -0.491 e. The molecule has 1 amide bonds. The number of ether oxygens (including phenoxy) is 1. The van der Waals surface area contributed by atoms with Crippen LogP contribution < -0.4 is 10.1 Å². The van der Waals surface area contributed by atoms with Crippen molar-refractivity contribution in [3.63, 3.8) is 0 Å². The molecule has 0 saturated heterocycles. The highest BCUT2D eigenvalue weighted by atomic mass is 16.5. The first-order valence-electron chi connectivity index (χ1n) is 8.32. The van der Waals surface area contributed by atoms with Crippen LogP contribution in [-0.4, -0.2) is 38.7 Å². The Balaban J connectivity index is 1.91. The van der Waals surface area contributed by atoms with Gasteiger partial charge in [-0.1, -0.05) is 17.3 Å². The first-order chi connectivity index (χ1) is 11.7. The second-order valence-electron chi connectivity index (χ2n) is 7.18. The fraction of sp³-hybridized carbons (Fsp3) is 0.500. The van der Waals surface area contributed by atoms with E-state index in [1.54, 1.807) is 35.1 Å². The molecule has 1 aromatic carbocycles. The fourth-order valence-electron chi connectivity index (χ4n) is 2.13. The summed E-state index contributed by atoms with van der Waals surface area (Å²) in [6.07, 6.45) is 0.881. The van der Waals surface area contributed by atoms with Crippen molar-refractivity contribution >= 4 is 5.91 Å². The van der Waals surface area contributed by atoms with Crippen molar-refractivity contribution < 1.29 is 14.6 Å². The van der Waals surface area contributed by atoms with Crippen molar-refractivity contribution in [1.29, 1.82) is 0 Å². The Morgan fingerprint density at radius 3 is 2.44 bits per heavy atom. The van der Waals surface area contributed by atoms with E-state index in [0.717, 1.165) is 5.75 Å². The average Bonchev–Trinajstić information content (AvgIpc) is 3.02. The number of benzene rings is 1. The Morgan fingerprint density at radius 2 is 1.92 bits per heavy atom. The zero-order valence-electron chi connectivity index (χ0n) is 15.4. The fourth-order valence-corrected chi connectivity index (χ4v) is 2.13. The zero-order valence-corrected chi connectivity index (χ0v) is 15.4. The molecule has 2 N–H and O–H groups in total. The summed E-state index contributed by atoms with van der Waals surface area (Å²) in [5.74, 6) is 0.378. The van der Waals surface area contributed by atoms with Gasteiger partial charge in [0.1, 0.15) is 5.75 Å². The number of aliphatic hydroxyl groups excluding tert-OH is 1. The Bertz CT molecular complexity index is 702. The Kier molecular flexibility index (Phi) is 5.79. The Labute approximate surface area is 148 Å². The van der Waals surface area contributed by atoms with E-state index in [-0.39, 0.29) is 29.8 Å². The highest BCUT2D eigenvalue weighted by molar-refractivity contribution is 5.91. The van der Waals surface area contributed by atoms with Gasteiger partial charge in [0.15, 0.2) is 5.69 Å². The maximum Gasteiger partial charge on any atom is 0.273 e. The van der Waals surface area contributed by atoms with Crippen molar-refractivity contribution in [2.75, 3.05) is 6.54 Å².